The smallest absolute Gasteiger partial charge is 0.406 e. The molecule has 0 bridgehead atoms. The fourth-order valence-electron chi connectivity index (χ4n) is 2.08. The number of hydrogen-bond acceptors (Lipinski definition) is 5. The van der Waals surface area contributed by atoms with Crippen LogP contribution in [-0.2, 0) is 11.3 Å². The molecule has 0 aliphatic heterocycles. The zero-order valence-corrected chi connectivity index (χ0v) is 12.1. The molecule has 0 saturated carbocycles. The van der Waals surface area contributed by atoms with Crippen LogP contribution in [0.2, 0.25) is 0 Å². The number of aromatic nitrogens is 2. The Labute approximate surface area is 124 Å². The summed E-state index contributed by atoms with van der Waals surface area (Å²) in [7, 11) is 0. The summed E-state index contributed by atoms with van der Waals surface area (Å²) in [5.41, 5.74) is 0.753. The molecule has 3 rings (SSSR count). The molecule has 0 unspecified atom stereocenters. The van der Waals surface area contributed by atoms with Crippen molar-refractivity contribution in [3.63, 3.8) is 0 Å². The van der Waals surface area contributed by atoms with Crippen molar-refractivity contribution in [1.29, 1.82) is 0 Å². The molecule has 0 spiro atoms. The maximum atomic E-state index is 12.1. The van der Waals surface area contributed by atoms with Crippen molar-refractivity contribution in [2.24, 2.45) is 0 Å². The second-order valence-electron chi connectivity index (χ2n) is 4.58. The van der Waals surface area contributed by atoms with Gasteiger partial charge in [0.2, 0.25) is 5.91 Å². The molecule has 1 N–H and O–H groups in total. The Bertz CT molecular complexity index is 819. The summed E-state index contributed by atoms with van der Waals surface area (Å²) in [6.07, 6.45) is 1.56. The molecule has 0 fully saturated rings. The predicted molar refractivity (Wildman–Crippen MR) is 79.1 cm³/mol. The molecular formula is C14H13N3O3S. The highest BCUT2D eigenvalue weighted by atomic mass is 32.1. The molecule has 108 valence electrons. The number of hydrogen-bond donors (Lipinski definition) is 1. The first kappa shape index (κ1) is 13.6. The normalized spacial score (nSPS) is 12.4. The van der Waals surface area contributed by atoms with Crippen molar-refractivity contribution in [2.75, 3.05) is 0 Å². The molecule has 0 aliphatic rings. The molecule has 0 aliphatic carbocycles. The van der Waals surface area contributed by atoms with Crippen molar-refractivity contribution in [3.05, 3.63) is 51.3 Å². The standard InChI is InChI=1S/C14H13N3O3S/c1-9(11-5-3-7-21-11)16-12(18)8-17-13-10(20-14(17)19)4-2-6-15-13/h2-7,9H,8H2,1H3,(H,16,18)/t9-/m0/s1. The van der Waals surface area contributed by atoms with Crippen LogP contribution >= 0.6 is 11.3 Å². The number of thiophene rings is 1. The third-order valence-electron chi connectivity index (χ3n) is 3.07. The average Bonchev–Trinajstić information content (AvgIpc) is 3.08. The molecule has 3 heterocycles. The van der Waals surface area contributed by atoms with E-state index in [0.29, 0.717) is 11.2 Å². The van der Waals surface area contributed by atoms with Gasteiger partial charge in [0.1, 0.15) is 6.54 Å². The van der Waals surface area contributed by atoms with E-state index < -0.39 is 5.76 Å². The minimum absolute atomic E-state index is 0.0978. The van der Waals surface area contributed by atoms with Crippen LogP contribution in [0.15, 0.2) is 45.1 Å². The lowest BCUT2D eigenvalue weighted by atomic mass is 10.3. The maximum Gasteiger partial charge on any atom is 0.421 e. The molecule has 7 heteroatoms. The Kier molecular flexibility index (Phi) is 3.57. The van der Waals surface area contributed by atoms with Crippen molar-refractivity contribution < 1.29 is 9.21 Å². The summed E-state index contributed by atoms with van der Waals surface area (Å²) < 4.78 is 6.27. The van der Waals surface area contributed by atoms with Crippen LogP contribution in [0.5, 0.6) is 0 Å². The number of rotatable bonds is 4. The third-order valence-corrected chi connectivity index (χ3v) is 4.13. The first-order chi connectivity index (χ1) is 10.1. The van der Waals surface area contributed by atoms with E-state index in [0.717, 1.165) is 4.88 Å². The van der Waals surface area contributed by atoms with Gasteiger partial charge in [0, 0.05) is 11.1 Å². The third kappa shape index (κ3) is 2.73. The first-order valence-electron chi connectivity index (χ1n) is 6.42. The van der Waals surface area contributed by atoms with Gasteiger partial charge in [-0.05, 0) is 30.5 Å². The van der Waals surface area contributed by atoms with Crippen molar-refractivity contribution >= 4 is 28.5 Å². The fourth-order valence-corrected chi connectivity index (χ4v) is 2.81. The van der Waals surface area contributed by atoms with Gasteiger partial charge in [-0.25, -0.2) is 14.3 Å². The zero-order chi connectivity index (χ0) is 14.8. The van der Waals surface area contributed by atoms with Crippen molar-refractivity contribution in [2.45, 2.75) is 19.5 Å². The van der Waals surface area contributed by atoms with Crippen molar-refractivity contribution in [1.82, 2.24) is 14.9 Å². The maximum absolute atomic E-state index is 12.1. The van der Waals surface area contributed by atoms with Crippen LogP contribution in [0.4, 0.5) is 0 Å². The van der Waals surface area contributed by atoms with Gasteiger partial charge in [0.25, 0.3) is 0 Å². The fraction of sp³-hybridized carbons (Fsp3) is 0.214. The van der Waals surface area contributed by atoms with E-state index in [1.54, 1.807) is 29.7 Å². The van der Waals surface area contributed by atoms with Crippen LogP contribution in [-0.4, -0.2) is 15.5 Å². The van der Waals surface area contributed by atoms with Crippen LogP contribution in [0.25, 0.3) is 11.2 Å². The molecule has 3 aromatic rings. The van der Waals surface area contributed by atoms with Gasteiger partial charge in [0.15, 0.2) is 11.2 Å². The molecule has 6 nitrogen and oxygen atoms in total. The summed E-state index contributed by atoms with van der Waals surface area (Å²) in [4.78, 5) is 29.0. The van der Waals surface area contributed by atoms with Gasteiger partial charge in [-0.1, -0.05) is 6.07 Å². The lowest BCUT2D eigenvalue weighted by molar-refractivity contribution is -0.122. The number of fused-ring (bicyclic) bond motifs is 1. The Morgan fingerprint density at radius 3 is 3.10 bits per heavy atom. The molecule has 3 aromatic heterocycles. The minimum atomic E-state index is -0.581. The van der Waals surface area contributed by atoms with Gasteiger partial charge in [-0.15, -0.1) is 11.3 Å². The molecule has 1 atom stereocenters. The van der Waals surface area contributed by atoms with E-state index in [4.69, 9.17) is 4.42 Å². The molecule has 0 radical (unpaired) electrons. The number of pyridine rings is 1. The SMILES string of the molecule is C[C@H](NC(=O)Cn1c(=O)oc2cccnc21)c1cccs1. The number of nitrogens with zero attached hydrogens (tertiary/aromatic N) is 2. The van der Waals surface area contributed by atoms with E-state index in [1.807, 2.05) is 24.4 Å². The molecule has 0 saturated heterocycles. The second kappa shape index (κ2) is 5.53. The van der Waals surface area contributed by atoms with Crippen LogP contribution < -0.4 is 11.1 Å². The molecular weight excluding hydrogens is 290 g/mol. The van der Waals surface area contributed by atoms with Crippen LogP contribution in [0.1, 0.15) is 17.8 Å². The Hall–Kier alpha value is -2.41. The Morgan fingerprint density at radius 1 is 1.48 bits per heavy atom. The highest BCUT2D eigenvalue weighted by molar-refractivity contribution is 7.10. The molecule has 0 aromatic carbocycles. The summed E-state index contributed by atoms with van der Waals surface area (Å²) >= 11 is 1.57. The quantitative estimate of drug-likeness (QED) is 0.799. The summed E-state index contributed by atoms with van der Waals surface area (Å²) in [5.74, 6) is -0.839. The predicted octanol–water partition coefficient (Wildman–Crippen LogP) is 1.93. The summed E-state index contributed by atoms with van der Waals surface area (Å²) in [5, 5.41) is 4.81. The van der Waals surface area contributed by atoms with Gasteiger partial charge < -0.3 is 9.73 Å². The summed E-state index contributed by atoms with van der Waals surface area (Å²) in [6, 6.07) is 7.11. The van der Waals surface area contributed by atoms with Crippen LogP contribution in [0, 0.1) is 0 Å². The highest BCUT2D eigenvalue weighted by Gasteiger charge is 2.15. The van der Waals surface area contributed by atoms with E-state index >= 15 is 0 Å². The van der Waals surface area contributed by atoms with Crippen LogP contribution in [0.3, 0.4) is 0 Å². The second-order valence-corrected chi connectivity index (χ2v) is 5.56. The number of oxazole rings is 1. The lowest BCUT2D eigenvalue weighted by Gasteiger charge is -2.12. The van der Waals surface area contributed by atoms with Gasteiger partial charge in [-0.3, -0.25) is 4.79 Å². The molecule has 1 amide bonds. The van der Waals surface area contributed by atoms with E-state index in [2.05, 4.69) is 10.3 Å². The van der Waals surface area contributed by atoms with E-state index in [1.165, 1.54) is 4.57 Å². The number of carbonyl (C=O) groups is 1. The van der Waals surface area contributed by atoms with E-state index in [-0.39, 0.29) is 18.5 Å². The highest BCUT2D eigenvalue weighted by Crippen LogP contribution is 2.18. The Balaban J connectivity index is 1.78. The number of carbonyl (C=O) groups excluding carboxylic acids is 1. The Morgan fingerprint density at radius 2 is 2.33 bits per heavy atom. The zero-order valence-electron chi connectivity index (χ0n) is 11.3. The number of amides is 1. The average molecular weight is 303 g/mol. The van der Waals surface area contributed by atoms with Crippen molar-refractivity contribution in [3.8, 4) is 0 Å². The minimum Gasteiger partial charge on any atom is -0.406 e. The van der Waals surface area contributed by atoms with Gasteiger partial charge in [-0.2, -0.15) is 0 Å². The summed E-state index contributed by atoms with van der Waals surface area (Å²) in [6.45, 7) is 1.79. The largest absolute Gasteiger partial charge is 0.421 e. The van der Waals surface area contributed by atoms with E-state index in [9.17, 15) is 9.59 Å². The monoisotopic (exact) mass is 303 g/mol. The van der Waals surface area contributed by atoms with Gasteiger partial charge >= 0.3 is 5.76 Å². The molecule has 21 heavy (non-hydrogen) atoms. The van der Waals surface area contributed by atoms with Gasteiger partial charge in [0.05, 0.1) is 6.04 Å². The lowest BCUT2D eigenvalue weighted by Crippen LogP contribution is -2.32. The number of nitrogens with one attached hydrogen (secondary N) is 1. The first-order valence-corrected chi connectivity index (χ1v) is 7.30. The topological polar surface area (TPSA) is 77.1 Å².